The number of aromatic nitrogens is 3. The maximum absolute atomic E-state index is 12.8. The minimum atomic E-state index is -0.431. The van der Waals surface area contributed by atoms with E-state index in [1.807, 2.05) is 48.5 Å². The third-order valence-electron chi connectivity index (χ3n) is 4.69. The molecule has 0 aliphatic carbocycles. The van der Waals surface area contributed by atoms with Crippen molar-refractivity contribution in [3.8, 4) is 11.3 Å². The van der Waals surface area contributed by atoms with Crippen molar-refractivity contribution in [2.75, 3.05) is 0 Å². The molecule has 0 aliphatic heterocycles. The van der Waals surface area contributed by atoms with Crippen molar-refractivity contribution in [3.05, 3.63) is 114 Å². The summed E-state index contributed by atoms with van der Waals surface area (Å²) < 4.78 is 7.41. The van der Waals surface area contributed by atoms with E-state index in [1.165, 1.54) is 4.52 Å². The Morgan fingerprint density at radius 2 is 1.77 bits per heavy atom. The van der Waals surface area contributed by atoms with E-state index < -0.39 is 5.56 Å². The van der Waals surface area contributed by atoms with Gasteiger partial charge in [0.15, 0.2) is 0 Å². The van der Waals surface area contributed by atoms with Gasteiger partial charge < -0.3 is 4.42 Å². The Hall–Kier alpha value is -3.55. The molecule has 0 saturated heterocycles. The predicted molar refractivity (Wildman–Crippen MR) is 121 cm³/mol. The summed E-state index contributed by atoms with van der Waals surface area (Å²) in [7, 11) is 0. The van der Waals surface area contributed by atoms with Gasteiger partial charge in [0, 0.05) is 23.1 Å². The molecule has 3 aromatic heterocycles. The lowest BCUT2D eigenvalue weighted by Gasteiger charge is -1.99. The summed E-state index contributed by atoms with van der Waals surface area (Å²) in [6, 6.07) is 20.4. The smallest absolute Gasteiger partial charge is 0.296 e. The molecule has 0 N–H and O–H groups in total. The largest absolute Gasteiger partial charge is 0.457 e. The maximum Gasteiger partial charge on any atom is 0.296 e. The Labute approximate surface area is 184 Å². The van der Waals surface area contributed by atoms with Crippen LogP contribution in [0.4, 0.5) is 0 Å². The van der Waals surface area contributed by atoms with Crippen molar-refractivity contribution in [3.63, 3.8) is 0 Å². The molecule has 0 spiro atoms. The first kappa shape index (κ1) is 19.4. The molecule has 5 rings (SSSR count). The molecular weight excluding hydrogens is 434 g/mol. The van der Waals surface area contributed by atoms with Gasteiger partial charge in [-0.05, 0) is 42.0 Å². The first-order valence-electron chi connectivity index (χ1n) is 9.41. The molecule has 6 nitrogen and oxygen atoms in total. The van der Waals surface area contributed by atoms with Gasteiger partial charge in [-0.25, -0.2) is 0 Å². The Kier molecular flexibility index (Phi) is 4.97. The Morgan fingerprint density at radius 3 is 2.55 bits per heavy atom. The van der Waals surface area contributed by atoms with Gasteiger partial charge in [0.2, 0.25) is 4.96 Å². The van der Waals surface area contributed by atoms with Gasteiger partial charge in [-0.2, -0.15) is 14.6 Å². The zero-order chi connectivity index (χ0) is 21.4. The molecule has 8 heteroatoms. The van der Waals surface area contributed by atoms with Crippen LogP contribution in [0.3, 0.4) is 0 Å². The Morgan fingerprint density at radius 1 is 1.00 bits per heavy atom. The first-order valence-corrected chi connectivity index (χ1v) is 10.6. The number of nitrogens with zero attached hydrogens (tertiary/aromatic N) is 3. The summed E-state index contributed by atoms with van der Waals surface area (Å²) in [4.78, 5) is 29.5. The van der Waals surface area contributed by atoms with Crippen LogP contribution in [-0.2, 0) is 6.42 Å². The highest BCUT2D eigenvalue weighted by atomic mass is 35.5. The van der Waals surface area contributed by atoms with Crippen molar-refractivity contribution < 1.29 is 4.42 Å². The van der Waals surface area contributed by atoms with E-state index in [-0.39, 0.29) is 16.2 Å². The van der Waals surface area contributed by atoms with Crippen molar-refractivity contribution >= 4 is 34.0 Å². The van der Waals surface area contributed by atoms with Gasteiger partial charge in [0.05, 0.1) is 0 Å². The second kappa shape index (κ2) is 7.94. The van der Waals surface area contributed by atoms with Crippen LogP contribution in [0.1, 0.15) is 17.0 Å². The van der Waals surface area contributed by atoms with Gasteiger partial charge in [-0.15, -0.1) is 0 Å². The standard InChI is InChI=1S/C23H14ClN3O3S/c24-16-8-6-15(7-9-16)19-11-10-17(30-19)13-20-22(29)27-23(31-20)25-21(28)18(26-27)12-14-4-2-1-3-5-14/h1-11,13H,12H2/b20-13-. The molecular formula is C23H14ClN3O3S. The molecule has 3 heterocycles. The van der Waals surface area contributed by atoms with E-state index in [4.69, 9.17) is 16.0 Å². The number of halogens is 1. The second-order valence-electron chi connectivity index (χ2n) is 6.85. The monoisotopic (exact) mass is 447 g/mol. The number of hydrogen-bond acceptors (Lipinski definition) is 6. The molecule has 0 fully saturated rings. The lowest BCUT2D eigenvalue weighted by atomic mass is 10.1. The van der Waals surface area contributed by atoms with E-state index in [9.17, 15) is 9.59 Å². The van der Waals surface area contributed by atoms with E-state index >= 15 is 0 Å². The van der Waals surface area contributed by atoms with Crippen molar-refractivity contribution in [2.45, 2.75) is 6.42 Å². The Balaban J connectivity index is 1.53. The summed E-state index contributed by atoms with van der Waals surface area (Å²) in [6.45, 7) is 0. The minimum absolute atomic E-state index is 0.230. The first-order chi connectivity index (χ1) is 15.1. The predicted octanol–water partition coefficient (Wildman–Crippen LogP) is 3.56. The molecule has 31 heavy (non-hydrogen) atoms. The highest BCUT2D eigenvalue weighted by Crippen LogP contribution is 2.24. The Bertz CT molecular complexity index is 1550. The third-order valence-corrected chi connectivity index (χ3v) is 5.90. The average molecular weight is 448 g/mol. The van der Waals surface area contributed by atoms with Crippen LogP contribution in [0.25, 0.3) is 22.4 Å². The number of rotatable bonds is 4. The lowest BCUT2D eigenvalue weighted by Crippen LogP contribution is -2.28. The van der Waals surface area contributed by atoms with Crippen molar-refractivity contribution in [2.24, 2.45) is 0 Å². The number of thiazole rings is 1. The van der Waals surface area contributed by atoms with E-state index in [0.717, 1.165) is 22.5 Å². The zero-order valence-corrected chi connectivity index (χ0v) is 17.6. The normalized spacial score (nSPS) is 12.0. The SMILES string of the molecule is O=c1nc2s/c(=C\c3ccc(-c4ccc(Cl)cc4)o3)c(=O)n2nc1Cc1ccccc1. The van der Waals surface area contributed by atoms with E-state index in [2.05, 4.69) is 10.1 Å². The lowest BCUT2D eigenvalue weighted by molar-refractivity contribution is 0.571. The number of hydrogen-bond donors (Lipinski definition) is 0. The van der Waals surface area contributed by atoms with Gasteiger partial charge in [0.25, 0.3) is 11.1 Å². The fourth-order valence-electron chi connectivity index (χ4n) is 3.17. The van der Waals surface area contributed by atoms with Gasteiger partial charge in [0.1, 0.15) is 21.7 Å². The van der Waals surface area contributed by atoms with Crippen LogP contribution in [0.5, 0.6) is 0 Å². The number of benzene rings is 2. The van der Waals surface area contributed by atoms with Gasteiger partial charge in [-0.3, -0.25) is 9.59 Å². The molecule has 152 valence electrons. The number of fused-ring (bicyclic) bond motifs is 1. The van der Waals surface area contributed by atoms with Gasteiger partial charge >= 0.3 is 0 Å². The summed E-state index contributed by atoms with van der Waals surface area (Å²) in [5, 5.41) is 4.91. The maximum atomic E-state index is 12.8. The quantitative estimate of drug-likeness (QED) is 0.421. The summed E-state index contributed by atoms with van der Waals surface area (Å²) >= 11 is 7.03. The molecule has 0 aliphatic rings. The van der Waals surface area contributed by atoms with Crippen LogP contribution in [0.2, 0.25) is 5.02 Å². The minimum Gasteiger partial charge on any atom is -0.457 e. The van der Waals surface area contributed by atoms with Crippen LogP contribution in [0.15, 0.2) is 80.7 Å². The third kappa shape index (κ3) is 3.93. The molecule has 0 atom stereocenters. The second-order valence-corrected chi connectivity index (χ2v) is 8.29. The van der Waals surface area contributed by atoms with Crippen LogP contribution in [0, 0.1) is 0 Å². The van der Waals surface area contributed by atoms with Crippen LogP contribution < -0.4 is 15.7 Å². The summed E-state index contributed by atoms with van der Waals surface area (Å²) in [5.41, 5.74) is 1.26. The van der Waals surface area contributed by atoms with Crippen LogP contribution >= 0.6 is 22.9 Å². The molecule has 0 bridgehead atoms. The summed E-state index contributed by atoms with van der Waals surface area (Å²) in [5.74, 6) is 1.17. The number of furan rings is 1. The fourth-order valence-corrected chi connectivity index (χ4v) is 4.18. The molecule has 0 unspecified atom stereocenters. The topological polar surface area (TPSA) is 77.5 Å². The molecule has 2 aromatic carbocycles. The average Bonchev–Trinajstić information content (AvgIpc) is 3.35. The molecule has 0 amide bonds. The van der Waals surface area contributed by atoms with E-state index in [1.54, 1.807) is 24.3 Å². The van der Waals surface area contributed by atoms with Gasteiger partial charge in [-0.1, -0.05) is 53.3 Å². The van der Waals surface area contributed by atoms with Crippen molar-refractivity contribution in [1.82, 2.24) is 14.6 Å². The summed E-state index contributed by atoms with van der Waals surface area (Å²) in [6.07, 6.45) is 1.94. The van der Waals surface area contributed by atoms with Crippen molar-refractivity contribution in [1.29, 1.82) is 0 Å². The van der Waals surface area contributed by atoms with Crippen LogP contribution in [-0.4, -0.2) is 14.6 Å². The highest BCUT2D eigenvalue weighted by Gasteiger charge is 2.12. The zero-order valence-electron chi connectivity index (χ0n) is 16.0. The van der Waals surface area contributed by atoms with E-state index in [0.29, 0.717) is 27.5 Å². The fraction of sp³-hybridized carbons (Fsp3) is 0.0435. The molecule has 0 saturated carbocycles. The molecule has 5 aromatic rings. The molecule has 0 radical (unpaired) electrons. The highest BCUT2D eigenvalue weighted by molar-refractivity contribution is 7.15.